The second kappa shape index (κ2) is 12.6. The summed E-state index contributed by atoms with van der Waals surface area (Å²) in [6.07, 6.45) is 6.28. The Bertz CT molecular complexity index is 206. The van der Waals surface area contributed by atoms with Crippen LogP contribution in [0.5, 0.6) is 0 Å². The third kappa shape index (κ3) is 8.23. The fourth-order valence-corrected chi connectivity index (χ4v) is 2.93. The lowest BCUT2D eigenvalue weighted by molar-refractivity contribution is 0.135. The molecule has 0 fully saturated rings. The van der Waals surface area contributed by atoms with Gasteiger partial charge in [0.25, 0.3) is 0 Å². The van der Waals surface area contributed by atoms with E-state index in [9.17, 15) is 0 Å². The fourth-order valence-electron chi connectivity index (χ4n) is 2.93. The Morgan fingerprint density at radius 2 is 1.55 bits per heavy atom. The molecule has 122 valence electrons. The van der Waals surface area contributed by atoms with Crippen molar-refractivity contribution < 1.29 is 0 Å². The van der Waals surface area contributed by atoms with Crippen LogP contribution in [0.4, 0.5) is 0 Å². The van der Waals surface area contributed by atoms with Gasteiger partial charge >= 0.3 is 0 Å². The Balaban J connectivity index is 4.69. The van der Waals surface area contributed by atoms with Gasteiger partial charge in [0, 0.05) is 25.2 Å². The SMILES string of the molecule is CCCNC(CCC)C(CC)N(CCC)CCN(C)C. The minimum Gasteiger partial charge on any atom is -0.312 e. The summed E-state index contributed by atoms with van der Waals surface area (Å²) >= 11 is 0. The molecule has 0 amide bonds. The first-order chi connectivity index (χ1) is 9.60. The minimum atomic E-state index is 0.652. The van der Waals surface area contributed by atoms with Crippen molar-refractivity contribution >= 4 is 0 Å². The number of likely N-dealkylation sites (N-methyl/N-ethyl adjacent to an activating group) is 1. The third-order valence-electron chi connectivity index (χ3n) is 3.95. The van der Waals surface area contributed by atoms with Gasteiger partial charge in [-0.05, 0) is 52.9 Å². The number of hydrogen-bond donors (Lipinski definition) is 1. The molecule has 0 heterocycles. The molecule has 0 spiro atoms. The topological polar surface area (TPSA) is 18.5 Å². The third-order valence-corrected chi connectivity index (χ3v) is 3.95. The average Bonchev–Trinajstić information content (AvgIpc) is 2.42. The van der Waals surface area contributed by atoms with Crippen LogP contribution in [0.25, 0.3) is 0 Å². The summed E-state index contributed by atoms with van der Waals surface area (Å²) < 4.78 is 0. The molecule has 0 saturated carbocycles. The first kappa shape index (κ1) is 19.9. The van der Waals surface area contributed by atoms with Gasteiger partial charge in [0.1, 0.15) is 0 Å². The van der Waals surface area contributed by atoms with E-state index in [1.165, 1.54) is 45.2 Å². The van der Waals surface area contributed by atoms with E-state index >= 15 is 0 Å². The van der Waals surface area contributed by atoms with Gasteiger partial charge in [0.05, 0.1) is 0 Å². The van der Waals surface area contributed by atoms with Gasteiger partial charge in [-0.1, -0.05) is 34.1 Å². The van der Waals surface area contributed by atoms with Crippen LogP contribution >= 0.6 is 0 Å². The van der Waals surface area contributed by atoms with Gasteiger partial charge in [-0.3, -0.25) is 4.90 Å². The van der Waals surface area contributed by atoms with E-state index in [1.54, 1.807) is 0 Å². The maximum Gasteiger partial charge on any atom is 0.0247 e. The first-order valence-corrected chi connectivity index (χ1v) is 8.72. The monoisotopic (exact) mass is 285 g/mol. The zero-order valence-electron chi connectivity index (χ0n) is 14.9. The summed E-state index contributed by atoms with van der Waals surface area (Å²) in [6, 6.07) is 1.33. The molecule has 3 heteroatoms. The van der Waals surface area contributed by atoms with Gasteiger partial charge in [0.15, 0.2) is 0 Å². The van der Waals surface area contributed by atoms with Gasteiger partial charge < -0.3 is 10.2 Å². The fraction of sp³-hybridized carbons (Fsp3) is 1.00. The summed E-state index contributed by atoms with van der Waals surface area (Å²) in [5.74, 6) is 0. The quantitative estimate of drug-likeness (QED) is 0.560. The Labute approximate surface area is 128 Å². The van der Waals surface area contributed by atoms with E-state index in [0.717, 1.165) is 13.1 Å². The van der Waals surface area contributed by atoms with Crippen LogP contribution in [-0.2, 0) is 0 Å². The number of nitrogens with one attached hydrogen (secondary N) is 1. The van der Waals surface area contributed by atoms with Gasteiger partial charge in [-0.15, -0.1) is 0 Å². The Hall–Kier alpha value is -0.120. The van der Waals surface area contributed by atoms with Crippen molar-refractivity contribution in [1.82, 2.24) is 15.1 Å². The standard InChI is InChI=1S/C17H39N3/c1-7-11-16(18-12-8-2)17(10-4)20(13-9-3)15-14-19(5)6/h16-18H,7-15H2,1-6H3. The zero-order valence-corrected chi connectivity index (χ0v) is 14.9. The van der Waals surface area contributed by atoms with E-state index in [1.807, 2.05) is 0 Å². The van der Waals surface area contributed by atoms with Crippen LogP contribution in [0.3, 0.4) is 0 Å². The van der Waals surface area contributed by atoms with Crippen LogP contribution in [0.15, 0.2) is 0 Å². The highest BCUT2D eigenvalue weighted by molar-refractivity contribution is 4.84. The summed E-state index contributed by atoms with van der Waals surface area (Å²) in [5.41, 5.74) is 0. The molecule has 0 aliphatic carbocycles. The second-order valence-electron chi connectivity index (χ2n) is 6.16. The van der Waals surface area contributed by atoms with E-state index in [0.29, 0.717) is 12.1 Å². The van der Waals surface area contributed by atoms with Crippen LogP contribution < -0.4 is 5.32 Å². The highest BCUT2D eigenvalue weighted by Gasteiger charge is 2.24. The molecule has 0 rings (SSSR count). The summed E-state index contributed by atoms with van der Waals surface area (Å²) in [7, 11) is 4.34. The van der Waals surface area contributed by atoms with E-state index in [-0.39, 0.29) is 0 Å². The van der Waals surface area contributed by atoms with E-state index in [4.69, 9.17) is 0 Å². The van der Waals surface area contributed by atoms with Crippen LogP contribution in [0, 0.1) is 0 Å². The zero-order chi connectivity index (χ0) is 15.4. The lowest BCUT2D eigenvalue weighted by atomic mass is 9.98. The molecule has 2 atom stereocenters. The highest BCUT2D eigenvalue weighted by Crippen LogP contribution is 2.14. The Kier molecular flexibility index (Phi) is 12.5. The predicted molar refractivity (Wildman–Crippen MR) is 91.5 cm³/mol. The minimum absolute atomic E-state index is 0.652. The smallest absolute Gasteiger partial charge is 0.0247 e. The van der Waals surface area contributed by atoms with Crippen LogP contribution in [0.2, 0.25) is 0 Å². The molecule has 0 aliphatic heterocycles. The molecule has 0 aromatic carbocycles. The molecule has 0 bridgehead atoms. The molecule has 0 aromatic rings. The molecule has 0 radical (unpaired) electrons. The van der Waals surface area contributed by atoms with Crippen molar-refractivity contribution in [2.45, 2.75) is 71.9 Å². The second-order valence-corrected chi connectivity index (χ2v) is 6.16. The number of nitrogens with zero attached hydrogens (tertiary/aromatic N) is 2. The van der Waals surface area contributed by atoms with Crippen molar-refractivity contribution in [2.24, 2.45) is 0 Å². The largest absolute Gasteiger partial charge is 0.312 e. The van der Waals surface area contributed by atoms with Gasteiger partial charge in [-0.2, -0.15) is 0 Å². The lowest BCUT2D eigenvalue weighted by Gasteiger charge is -2.37. The molecule has 0 aliphatic rings. The van der Waals surface area contributed by atoms with Crippen molar-refractivity contribution in [3.8, 4) is 0 Å². The van der Waals surface area contributed by atoms with Gasteiger partial charge in [0.2, 0.25) is 0 Å². The number of hydrogen-bond acceptors (Lipinski definition) is 3. The maximum atomic E-state index is 3.79. The molecule has 0 saturated heterocycles. The molecular weight excluding hydrogens is 246 g/mol. The number of rotatable bonds is 13. The van der Waals surface area contributed by atoms with Crippen molar-refractivity contribution in [3.05, 3.63) is 0 Å². The molecule has 0 aromatic heterocycles. The summed E-state index contributed by atoms with van der Waals surface area (Å²) in [4.78, 5) is 5.01. The lowest BCUT2D eigenvalue weighted by Crippen LogP contribution is -2.51. The Morgan fingerprint density at radius 1 is 0.850 bits per heavy atom. The van der Waals surface area contributed by atoms with Gasteiger partial charge in [-0.25, -0.2) is 0 Å². The predicted octanol–water partition coefficient (Wildman–Crippen LogP) is 3.21. The van der Waals surface area contributed by atoms with E-state index in [2.05, 4.69) is 56.9 Å². The average molecular weight is 286 g/mol. The van der Waals surface area contributed by atoms with E-state index < -0.39 is 0 Å². The molecule has 1 N–H and O–H groups in total. The van der Waals surface area contributed by atoms with Crippen molar-refractivity contribution in [3.63, 3.8) is 0 Å². The van der Waals surface area contributed by atoms with Crippen molar-refractivity contribution in [2.75, 3.05) is 40.3 Å². The highest BCUT2D eigenvalue weighted by atomic mass is 15.2. The summed E-state index contributed by atoms with van der Waals surface area (Å²) in [5, 5.41) is 3.79. The maximum absolute atomic E-state index is 3.79. The summed E-state index contributed by atoms with van der Waals surface area (Å²) in [6.45, 7) is 13.9. The molecule has 3 nitrogen and oxygen atoms in total. The first-order valence-electron chi connectivity index (χ1n) is 8.72. The van der Waals surface area contributed by atoms with Crippen LogP contribution in [-0.4, -0.2) is 62.2 Å². The van der Waals surface area contributed by atoms with Crippen LogP contribution in [0.1, 0.15) is 59.8 Å². The molecule has 20 heavy (non-hydrogen) atoms. The Morgan fingerprint density at radius 3 is 2.00 bits per heavy atom. The molecule has 2 unspecified atom stereocenters. The molecular formula is C17H39N3. The van der Waals surface area contributed by atoms with Crippen molar-refractivity contribution in [1.29, 1.82) is 0 Å². The normalized spacial score (nSPS) is 15.0.